The maximum Gasteiger partial charge on any atom is 0.255 e. The topological polar surface area (TPSA) is 46.1 Å². The van der Waals surface area contributed by atoms with Gasteiger partial charge >= 0.3 is 0 Å². The Labute approximate surface area is 147 Å². The van der Waals surface area contributed by atoms with Crippen molar-refractivity contribution in [1.82, 2.24) is 14.9 Å². The van der Waals surface area contributed by atoms with Crippen LogP contribution >= 0.6 is 0 Å². The largest absolute Gasteiger partial charge is 0.338 e. The second-order valence-corrected chi connectivity index (χ2v) is 6.69. The summed E-state index contributed by atoms with van der Waals surface area (Å²) in [4.78, 5) is 23.2. The first-order valence-corrected chi connectivity index (χ1v) is 8.83. The number of hydrogen-bond acceptors (Lipinski definition) is 3. The Bertz CT molecular complexity index is 873. The van der Waals surface area contributed by atoms with Crippen LogP contribution in [0.25, 0.3) is 10.9 Å². The van der Waals surface area contributed by atoms with Gasteiger partial charge in [0.15, 0.2) is 0 Å². The van der Waals surface area contributed by atoms with E-state index in [1.807, 2.05) is 29.3 Å². The predicted octanol–water partition coefficient (Wildman–Crippen LogP) is 3.72. The van der Waals surface area contributed by atoms with E-state index in [0.717, 1.165) is 37.9 Å². The number of benzene rings is 1. The highest BCUT2D eigenvalue weighted by Crippen LogP contribution is 2.25. The first kappa shape index (κ1) is 15.8. The fourth-order valence-electron chi connectivity index (χ4n) is 3.74. The zero-order valence-electron chi connectivity index (χ0n) is 14.1. The van der Waals surface area contributed by atoms with E-state index in [2.05, 4.69) is 34.2 Å². The smallest absolute Gasteiger partial charge is 0.255 e. The molecule has 0 N–H and O–H groups in total. The van der Waals surface area contributed by atoms with Crippen molar-refractivity contribution >= 4 is 16.8 Å². The van der Waals surface area contributed by atoms with Crippen LogP contribution in [-0.4, -0.2) is 33.9 Å². The summed E-state index contributed by atoms with van der Waals surface area (Å²) in [6.45, 7) is 1.64. The van der Waals surface area contributed by atoms with Crippen LogP contribution in [0.15, 0.2) is 61.1 Å². The summed E-state index contributed by atoms with van der Waals surface area (Å²) >= 11 is 0. The number of fused-ring (bicyclic) bond motifs is 1. The number of rotatable bonds is 3. The average Bonchev–Trinajstić information content (AvgIpc) is 2.69. The van der Waals surface area contributed by atoms with Gasteiger partial charge in [-0.1, -0.05) is 18.2 Å². The van der Waals surface area contributed by atoms with E-state index in [9.17, 15) is 4.79 Å². The Balaban J connectivity index is 1.51. The Morgan fingerprint density at radius 1 is 1.12 bits per heavy atom. The van der Waals surface area contributed by atoms with Crippen LogP contribution in [-0.2, 0) is 6.42 Å². The molecule has 3 aromatic rings. The molecule has 0 unspecified atom stereocenters. The van der Waals surface area contributed by atoms with Crippen molar-refractivity contribution in [3.63, 3.8) is 0 Å². The quantitative estimate of drug-likeness (QED) is 0.735. The molecule has 126 valence electrons. The Morgan fingerprint density at radius 2 is 2.04 bits per heavy atom. The van der Waals surface area contributed by atoms with E-state index in [0.29, 0.717) is 11.5 Å². The minimum absolute atomic E-state index is 0.0948. The molecule has 1 aliphatic rings. The highest BCUT2D eigenvalue weighted by molar-refractivity contribution is 5.94. The van der Waals surface area contributed by atoms with Gasteiger partial charge in [-0.2, -0.15) is 0 Å². The summed E-state index contributed by atoms with van der Waals surface area (Å²) < 4.78 is 0. The van der Waals surface area contributed by atoms with E-state index >= 15 is 0 Å². The molecule has 0 spiro atoms. The molecule has 2 aromatic heterocycles. The van der Waals surface area contributed by atoms with Crippen molar-refractivity contribution in [3.8, 4) is 0 Å². The molecule has 4 heteroatoms. The van der Waals surface area contributed by atoms with Crippen molar-refractivity contribution in [1.29, 1.82) is 0 Å². The van der Waals surface area contributed by atoms with Gasteiger partial charge < -0.3 is 4.90 Å². The molecule has 1 saturated heterocycles. The summed E-state index contributed by atoms with van der Waals surface area (Å²) in [6.07, 6.45) is 8.39. The molecule has 4 nitrogen and oxygen atoms in total. The molecule has 1 fully saturated rings. The third kappa shape index (κ3) is 3.38. The number of amides is 1. The van der Waals surface area contributed by atoms with Crippen LogP contribution in [0.2, 0.25) is 0 Å². The lowest BCUT2D eigenvalue weighted by Crippen LogP contribution is -2.40. The molecule has 0 bridgehead atoms. The number of pyridine rings is 2. The maximum atomic E-state index is 12.7. The number of likely N-dealkylation sites (tertiary alicyclic amines) is 1. The molecule has 0 saturated carbocycles. The van der Waals surface area contributed by atoms with Crippen molar-refractivity contribution < 1.29 is 4.79 Å². The average molecular weight is 331 g/mol. The van der Waals surface area contributed by atoms with Gasteiger partial charge in [0.2, 0.25) is 0 Å². The first-order chi connectivity index (χ1) is 12.3. The molecule has 4 rings (SSSR count). The van der Waals surface area contributed by atoms with Crippen molar-refractivity contribution in [2.24, 2.45) is 5.92 Å². The zero-order chi connectivity index (χ0) is 17.1. The molecule has 3 heterocycles. The fraction of sp³-hybridized carbons (Fsp3) is 0.286. The van der Waals surface area contributed by atoms with Gasteiger partial charge in [-0.15, -0.1) is 0 Å². The molecule has 0 aliphatic carbocycles. The van der Waals surface area contributed by atoms with Crippen LogP contribution in [0, 0.1) is 5.92 Å². The number of hydrogen-bond donors (Lipinski definition) is 0. The summed E-state index contributed by atoms with van der Waals surface area (Å²) in [5.74, 6) is 0.581. The number of piperidine rings is 1. The lowest BCUT2D eigenvalue weighted by atomic mass is 9.89. The summed E-state index contributed by atoms with van der Waals surface area (Å²) in [5.41, 5.74) is 3.04. The van der Waals surface area contributed by atoms with Crippen LogP contribution in [0.3, 0.4) is 0 Å². The summed E-state index contributed by atoms with van der Waals surface area (Å²) in [7, 11) is 0. The third-order valence-electron chi connectivity index (χ3n) is 4.96. The first-order valence-electron chi connectivity index (χ1n) is 8.83. The fourth-order valence-corrected chi connectivity index (χ4v) is 3.74. The Morgan fingerprint density at radius 3 is 2.92 bits per heavy atom. The Kier molecular flexibility index (Phi) is 4.42. The van der Waals surface area contributed by atoms with E-state index in [1.165, 1.54) is 10.9 Å². The van der Waals surface area contributed by atoms with Gasteiger partial charge in [0.1, 0.15) is 0 Å². The highest BCUT2D eigenvalue weighted by atomic mass is 16.2. The molecular formula is C21H21N3O. The molecule has 25 heavy (non-hydrogen) atoms. The minimum atomic E-state index is 0.0948. The molecular weight excluding hydrogens is 310 g/mol. The standard InChI is InChI=1S/C21H21N3O/c25-21(18-7-2-10-22-14-18)24-12-4-5-16(15-24)13-17-6-1-9-20-19(17)8-3-11-23-20/h1-3,6-11,14,16H,4-5,12-13,15H2/t16-/m0/s1. The third-order valence-corrected chi connectivity index (χ3v) is 4.96. The molecule has 0 radical (unpaired) electrons. The van der Waals surface area contributed by atoms with E-state index < -0.39 is 0 Å². The van der Waals surface area contributed by atoms with Crippen molar-refractivity contribution in [3.05, 3.63) is 72.2 Å². The van der Waals surface area contributed by atoms with Gasteiger partial charge in [0, 0.05) is 37.1 Å². The van der Waals surface area contributed by atoms with Crippen molar-refractivity contribution in [2.45, 2.75) is 19.3 Å². The number of aromatic nitrogens is 2. The maximum absolute atomic E-state index is 12.7. The number of nitrogens with zero attached hydrogens (tertiary/aromatic N) is 3. The summed E-state index contributed by atoms with van der Waals surface area (Å²) in [5, 5.41) is 1.22. The number of carbonyl (C=O) groups is 1. The van der Waals surface area contributed by atoms with E-state index in [-0.39, 0.29) is 5.91 Å². The predicted molar refractivity (Wildman–Crippen MR) is 98.3 cm³/mol. The zero-order valence-corrected chi connectivity index (χ0v) is 14.1. The summed E-state index contributed by atoms with van der Waals surface area (Å²) in [6, 6.07) is 14.1. The van der Waals surface area contributed by atoms with Crippen LogP contribution in [0.4, 0.5) is 0 Å². The molecule has 1 aliphatic heterocycles. The Hall–Kier alpha value is -2.75. The molecule has 1 amide bonds. The van der Waals surface area contributed by atoms with Crippen molar-refractivity contribution in [2.75, 3.05) is 13.1 Å². The van der Waals surface area contributed by atoms with Gasteiger partial charge in [0.25, 0.3) is 5.91 Å². The van der Waals surface area contributed by atoms with E-state index in [1.54, 1.807) is 12.4 Å². The van der Waals surface area contributed by atoms with Gasteiger partial charge in [0.05, 0.1) is 11.1 Å². The SMILES string of the molecule is O=C(c1cccnc1)N1CCC[C@@H](Cc2cccc3ncccc23)C1. The molecule has 1 aromatic carbocycles. The highest BCUT2D eigenvalue weighted by Gasteiger charge is 2.25. The van der Waals surface area contributed by atoms with Crippen LogP contribution < -0.4 is 0 Å². The second-order valence-electron chi connectivity index (χ2n) is 6.69. The van der Waals surface area contributed by atoms with Crippen LogP contribution in [0.5, 0.6) is 0 Å². The normalized spacial score (nSPS) is 17.6. The monoisotopic (exact) mass is 331 g/mol. The lowest BCUT2D eigenvalue weighted by molar-refractivity contribution is 0.0673. The van der Waals surface area contributed by atoms with Crippen LogP contribution in [0.1, 0.15) is 28.8 Å². The van der Waals surface area contributed by atoms with Gasteiger partial charge in [-0.25, -0.2) is 0 Å². The lowest BCUT2D eigenvalue weighted by Gasteiger charge is -2.33. The van der Waals surface area contributed by atoms with Gasteiger partial charge in [-0.3, -0.25) is 14.8 Å². The number of carbonyl (C=O) groups excluding carboxylic acids is 1. The van der Waals surface area contributed by atoms with E-state index in [4.69, 9.17) is 0 Å². The molecule has 1 atom stereocenters. The van der Waals surface area contributed by atoms with Gasteiger partial charge in [-0.05, 0) is 55.0 Å². The second kappa shape index (κ2) is 7.01. The minimum Gasteiger partial charge on any atom is -0.338 e.